The molecule has 0 spiro atoms. The summed E-state index contributed by atoms with van der Waals surface area (Å²) < 4.78 is 1.84. The Morgan fingerprint density at radius 2 is 1.89 bits per heavy atom. The molecule has 0 fully saturated rings. The highest BCUT2D eigenvalue weighted by molar-refractivity contribution is 6.06. The van der Waals surface area contributed by atoms with Crippen molar-refractivity contribution in [2.75, 3.05) is 19.6 Å². The van der Waals surface area contributed by atoms with Crippen molar-refractivity contribution < 1.29 is 9.59 Å². The second-order valence-electron chi connectivity index (χ2n) is 7.75. The molecule has 28 heavy (non-hydrogen) atoms. The van der Waals surface area contributed by atoms with Gasteiger partial charge in [-0.1, -0.05) is 27.7 Å². The zero-order valence-electron chi connectivity index (χ0n) is 18.0. The van der Waals surface area contributed by atoms with Crippen molar-refractivity contribution in [1.29, 1.82) is 0 Å². The Hall–Kier alpha value is -2.44. The number of nitrogens with one attached hydrogen (secondary N) is 1. The van der Waals surface area contributed by atoms with Gasteiger partial charge in [0.15, 0.2) is 5.65 Å². The van der Waals surface area contributed by atoms with Crippen LogP contribution in [-0.4, -0.2) is 51.1 Å². The number of carbonyl (C=O) groups excluding carboxylic acids is 2. The molecule has 7 nitrogen and oxygen atoms in total. The van der Waals surface area contributed by atoms with E-state index in [0.29, 0.717) is 18.7 Å². The Balaban J connectivity index is 2.47. The van der Waals surface area contributed by atoms with E-state index in [9.17, 15) is 9.59 Å². The number of pyridine rings is 1. The normalized spacial score (nSPS) is 11.4. The van der Waals surface area contributed by atoms with Crippen LogP contribution in [0.25, 0.3) is 11.0 Å². The van der Waals surface area contributed by atoms with Gasteiger partial charge in [0, 0.05) is 24.8 Å². The van der Waals surface area contributed by atoms with Gasteiger partial charge in [0.25, 0.3) is 5.91 Å². The van der Waals surface area contributed by atoms with E-state index in [2.05, 4.69) is 24.3 Å². The lowest BCUT2D eigenvalue weighted by Gasteiger charge is -2.22. The molecule has 2 aromatic rings. The Morgan fingerprint density at radius 1 is 1.18 bits per heavy atom. The molecule has 0 saturated heterocycles. The van der Waals surface area contributed by atoms with Crippen molar-refractivity contribution >= 4 is 22.8 Å². The summed E-state index contributed by atoms with van der Waals surface area (Å²) >= 11 is 0. The van der Waals surface area contributed by atoms with Crippen LogP contribution in [0.15, 0.2) is 12.3 Å². The van der Waals surface area contributed by atoms with E-state index in [-0.39, 0.29) is 30.3 Å². The molecule has 0 unspecified atom stereocenters. The molecule has 2 aromatic heterocycles. The third-order valence-corrected chi connectivity index (χ3v) is 4.58. The number of rotatable bonds is 9. The Bertz CT molecular complexity index is 826. The minimum absolute atomic E-state index is 0.0613. The minimum atomic E-state index is -0.147. The number of hydrogen-bond donors (Lipinski definition) is 1. The van der Waals surface area contributed by atoms with Crippen LogP contribution in [0, 0.1) is 0 Å². The maximum atomic E-state index is 13.4. The number of hydrogen-bond acceptors (Lipinski definition) is 4. The molecule has 0 saturated carbocycles. The van der Waals surface area contributed by atoms with Crippen molar-refractivity contribution in [3.05, 3.63) is 23.5 Å². The summed E-state index contributed by atoms with van der Waals surface area (Å²) in [6.45, 7) is 13.4. The smallest absolute Gasteiger partial charge is 0.255 e. The van der Waals surface area contributed by atoms with Gasteiger partial charge in [0.05, 0.1) is 23.7 Å². The topological polar surface area (TPSA) is 80.1 Å². The second-order valence-corrected chi connectivity index (χ2v) is 7.75. The van der Waals surface area contributed by atoms with Crippen molar-refractivity contribution in [1.82, 2.24) is 25.0 Å². The van der Waals surface area contributed by atoms with Crippen molar-refractivity contribution in [3.63, 3.8) is 0 Å². The standard InChI is InChI=1S/C21H33N5O2/c1-7-9-22-19(27)13-25(10-8-2)21(28)16-11-18(14(3)4)24-20-17(16)12-23-26(20)15(5)6/h11-12,14-15H,7-10,13H2,1-6H3,(H,22,27). The summed E-state index contributed by atoms with van der Waals surface area (Å²) in [4.78, 5) is 32.0. The molecule has 0 aliphatic carbocycles. The molecular weight excluding hydrogens is 354 g/mol. The van der Waals surface area contributed by atoms with E-state index in [0.717, 1.165) is 29.6 Å². The zero-order valence-corrected chi connectivity index (χ0v) is 18.0. The summed E-state index contributed by atoms with van der Waals surface area (Å²) in [5, 5.41) is 8.04. The van der Waals surface area contributed by atoms with Crippen molar-refractivity contribution in [2.45, 2.75) is 66.3 Å². The first kappa shape index (κ1) is 21.9. The fraction of sp³-hybridized carbons (Fsp3) is 0.619. The van der Waals surface area contributed by atoms with Gasteiger partial charge in [0.1, 0.15) is 0 Å². The molecule has 7 heteroatoms. The van der Waals surface area contributed by atoms with E-state index in [4.69, 9.17) is 4.98 Å². The predicted octanol–water partition coefficient (Wildman–Crippen LogP) is 3.51. The van der Waals surface area contributed by atoms with Crippen LogP contribution in [0.2, 0.25) is 0 Å². The Kier molecular flexibility index (Phi) is 7.54. The van der Waals surface area contributed by atoms with Crippen LogP contribution in [0.4, 0.5) is 0 Å². The maximum absolute atomic E-state index is 13.4. The molecule has 0 bridgehead atoms. The summed E-state index contributed by atoms with van der Waals surface area (Å²) in [7, 11) is 0. The third-order valence-electron chi connectivity index (χ3n) is 4.58. The average molecular weight is 388 g/mol. The van der Waals surface area contributed by atoms with Crippen LogP contribution in [0.3, 0.4) is 0 Å². The van der Waals surface area contributed by atoms with Crippen LogP contribution in [-0.2, 0) is 4.79 Å². The number of fused-ring (bicyclic) bond motifs is 1. The van der Waals surface area contributed by atoms with E-state index in [1.165, 1.54) is 0 Å². The molecule has 0 aromatic carbocycles. The molecule has 1 N–H and O–H groups in total. The first-order valence-corrected chi connectivity index (χ1v) is 10.2. The molecular formula is C21H33N5O2. The summed E-state index contributed by atoms with van der Waals surface area (Å²) in [5.74, 6) is -0.0963. The summed E-state index contributed by atoms with van der Waals surface area (Å²) in [5.41, 5.74) is 2.14. The number of aromatic nitrogens is 3. The van der Waals surface area contributed by atoms with Crippen molar-refractivity contribution in [3.8, 4) is 0 Å². The van der Waals surface area contributed by atoms with E-state index < -0.39 is 0 Å². The van der Waals surface area contributed by atoms with Gasteiger partial charge in [-0.05, 0) is 38.7 Å². The summed E-state index contributed by atoms with van der Waals surface area (Å²) in [6, 6.07) is 2.00. The lowest BCUT2D eigenvalue weighted by atomic mass is 10.0. The van der Waals surface area contributed by atoms with Crippen LogP contribution in [0.1, 0.15) is 82.4 Å². The van der Waals surface area contributed by atoms with E-state index >= 15 is 0 Å². The van der Waals surface area contributed by atoms with Gasteiger partial charge >= 0.3 is 0 Å². The molecule has 0 radical (unpaired) electrons. The molecule has 2 rings (SSSR count). The predicted molar refractivity (Wildman–Crippen MR) is 111 cm³/mol. The molecule has 0 aliphatic heterocycles. The summed E-state index contributed by atoms with van der Waals surface area (Å²) in [6.07, 6.45) is 3.36. The average Bonchev–Trinajstić information content (AvgIpc) is 3.08. The van der Waals surface area contributed by atoms with E-state index in [1.54, 1.807) is 11.1 Å². The van der Waals surface area contributed by atoms with Crippen LogP contribution < -0.4 is 5.32 Å². The minimum Gasteiger partial charge on any atom is -0.355 e. The molecule has 2 heterocycles. The zero-order chi connectivity index (χ0) is 20.8. The molecule has 2 amide bonds. The quantitative estimate of drug-likeness (QED) is 0.714. The van der Waals surface area contributed by atoms with Gasteiger partial charge in [-0.25, -0.2) is 9.67 Å². The number of nitrogens with zero attached hydrogens (tertiary/aromatic N) is 4. The Labute approximate surface area is 167 Å². The van der Waals surface area contributed by atoms with E-state index in [1.807, 2.05) is 38.4 Å². The van der Waals surface area contributed by atoms with Crippen LogP contribution >= 0.6 is 0 Å². The fourth-order valence-corrected chi connectivity index (χ4v) is 3.07. The Morgan fingerprint density at radius 3 is 2.46 bits per heavy atom. The SMILES string of the molecule is CCCNC(=O)CN(CCC)C(=O)c1cc(C(C)C)nc2c1cnn2C(C)C. The molecule has 0 atom stereocenters. The highest BCUT2D eigenvalue weighted by Crippen LogP contribution is 2.25. The maximum Gasteiger partial charge on any atom is 0.255 e. The van der Waals surface area contributed by atoms with Gasteiger partial charge < -0.3 is 10.2 Å². The highest BCUT2D eigenvalue weighted by atomic mass is 16.2. The largest absolute Gasteiger partial charge is 0.355 e. The number of carbonyl (C=O) groups is 2. The molecule has 154 valence electrons. The van der Waals surface area contributed by atoms with Gasteiger partial charge in [-0.2, -0.15) is 5.10 Å². The first-order valence-electron chi connectivity index (χ1n) is 10.2. The second kappa shape index (κ2) is 9.66. The number of amides is 2. The van der Waals surface area contributed by atoms with Crippen molar-refractivity contribution in [2.24, 2.45) is 0 Å². The monoisotopic (exact) mass is 387 g/mol. The van der Waals surface area contributed by atoms with Gasteiger partial charge in [-0.15, -0.1) is 0 Å². The van der Waals surface area contributed by atoms with Crippen LogP contribution in [0.5, 0.6) is 0 Å². The lowest BCUT2D eigenvalue weighted by molar-refractivity contribution is -0.121. The lowest BCUT2D eigenvalue weighted by Crippen LogP contribution is -2.41. The van der Waals surface area contributed by atoms with Gasteiger partial charge in [0.2, 0.25) is 5.91 Å². The third kappa shape index (κ3) is 4.88. The van der Waals surface area contributed by atoms with Gasteiger partial charge in [-0.3, -0.25) is 9.59 Å². The first-order chi connectivity index (χ1) is 13.3. The molecule has 0 aliphatic rings. The highest BCUT2D eigenvalue weighted by Gasteiger charge is 2.24. The fourth-order valence-electron chi connectivity index (χ4n) is 3.07.